The Morgan fingerprint density at radius 1 is 1.26 bits per heavy atom. The molecular weight excluding hydrogens is 351 g/mol. The van der Waals surface area contributed by atoms with E-state index in [-0.39, 0.29) is 24.4 Å². The minimum atomic E-state index is -1.41. The van der Waals surface area contributed by atoms with Crippen molar-refractivity contribution in [1.82, 2.24) is 9.80 Å². The van der Waals surface area contributed by atoms with Crippen LogP contribution in [0.3, 0.4) is 0 Å². The van der Waals surface area contributed by atoms with Gasteiger partial charge < -0.3 is 19.5 Å². The number of halogens is 1. The van der Waals surface area contributed by atoms with Crippen LogP contribution in [0, 0.1) is 5.82 Å². The van der Waals surface area contributed by atoms with Gasteiger partial charge in [0, 0.05) is 45.4 Å². The van der Waals surface area contributed by atoms with Crippen molar-refractivity contribution in [2.45, 2.75) is 43.9 Å². The summed E-state index contributed by atoms with van der Waals surface area (Å²) in [7, 11) is 3.24. The largest absolute Gasteiger partial charge is 0.497 e. The SMILES string of the molecule is COc1ccc(F)c(CN2CCC[C@@](O)(CN3CCC(OC)CC3)C2=O)c1. The average Bonchev–Trinajstić information content (AvgIpc) is 2.68. The van der Waals surface area contributed by atoms with Gasteiger partial charge >= 0.3 is 0 Å². The molecule has 2 aliphatic rings. The highest BCUT2D eigenvalue weighted by Crippen LogP contribution is 2.28. The Bertz CT molecular complexity index is 663. The Morgan fingerprint density at radius 3 is 2.67 bits per heavy atom. The van der Waals surface area contributed by atoms with E-state index in [2.05, 4.69) is 4.90 Å². The van der Waals surface area contributed by atoms with Gasteiger partial charge in [-0.15, -0.1) is 0 Å². The van der Waals surface area contributed by atoms with Crippen molar-refractivity contribution in [3.05, 3.63) is 29.6 Å². The quantitative estimate of drug-likeness (QED) is 0.815. The Morgan fingerprint density at radius 2 is 2.00 bits per heavy atom. The standard InChI is InChI=1S/C20H29FN2O4/c1-26-16-6-10-22(11-7-16)14-20(25)8-3-9-23(19(20)24)13-15-12-17(27-2)4-5-18(15)21/h4-5,12,16,25H,3,6-11,13-14H2,1-2H3/t20-/m1/s1. The fourth-order valence-corrected chi connectivity index (χ4v) is 4.04. The summed E-state index contributed by atoms with van der Waals surface area (Å²) in [5.74, 6) is -0.142. The third-order valence-corrected chi connectivity index (χ3v) is 5.67. The molecule has 2 heterocycles. The van der Waals surface area contributed by atoms with Gasteiger partial charge in [-0.3, -0.25) is 9.69 Å². The van der Waals surface area contributed by atoms with E-state index in [1.54, 1.807) is 24.1 Å². The van der Waals surface area contributed by atoms with Crippen molar-refractivity contribution < 1.29 is 23.8 Å². The van der Waals surface area contributed by atoms with Gasteiger partial charge in [0.15, 0.2) is 5.60 Å². The van der Waals surface area contributed by atoms with Gasteiger partial charge in [0.05, 0.1) is 13.2 Å². The van der Waals surface area contributed by atoms with Crippen molar-refractivity contribution in [1.29, 1.82) is 0 Å². The summed E-state index contributed by atoms with van der Waals surface area (Å²) in [4.78, 5) is 16.7. The molecule has 2 fully saturated rings. The number of aliphatic hydroxyl groups is 1. The molecule has 0 aliphatic carbocycles. The van der Waals surface area contributed by atoms with Crippen molar-refractivity contribution in [2.75, 3.05) is 40.4 Å². The number of benzene rings is 1. The molecule has 1 atom stereocenters. The van der Waals surface area contributed by atoms with Gasteiger partial charge in [-0.2, -0.15) is 0 Å². The number of likely N-dealkylation sites (tertiary alicyclic amines) is 2. The maximum atomic E-state index is 14.1. The van der Waals surface area contributed by atoms with E-state index >= 15 is 0 Å². The maximum Gasteiger partial charge on any atom is 0.256 e. The molecule has 7 heteroatoms. The van der Waals surface area contributed by atoms with Crippen LogP contribution in [0.1, 0.15) is 31.2 Å². The minimum absolute atomic E-state index is 0.135. The molecule has 150 valence electrons. The minimum Gasteiger partial charge on any atom is -0.497 e. The summed E-state index contributed by atoms with van der Waals surface area (Å²) >= 11 is 0. The molecule has 2 saturated heterocycles. The molecule has 2 aliphatic heterocycles. The third kappa shape index (κ3) is 4.59. The Hall–Kier alpha value is -1.70. The van der Waals surface area contributed by atoms with Crippen molar-refractivity contribution in [3.63, 3.8) is 0 Å². The maximum absolute atomic E-state index is 14.1. The first kappa shape index (κ1) is 20.0. The predicted octanol–water partition coefficient (Wildman–Crippen LogP) is 1.80. The van der Waals surface area contributed by atoms with Crippen LogP contribution >= 0.6 is 0 Å². The predicted molar refractivity (Wildman–Crippen MR) is 99.0 cm³/mol. The summed E-state index contributed by atoms with van der Waals surface area (Å²) < 4.78 is 24.7. The first-order valence-electron chi connectivity index (χ1n) is 9.54. The summed E-state index contributed by atoms with van der Waals surface area (Å²) in [5, 5.41) is 11.1. The molecule has 1 amide bonds. The van der Waals surface area contributed by atoms with Gasteiger partial charge in [0.1, 0.15) is 11.6 Å². The van der Waals surface area contributed by atoms with Crippen molar-refractivity contribution in [3.8, 4) is 5.75 Å². The summed E-state index contributed by atoms with van der Waals surface area (Å²) in [5.41, 5.74) is -1.01. The monoisotopic (exact) mass is 380 g/mol. The topological polar surface area (TPSA) is 62.2 Å². The van der Waals surface area contributed by atoms with Gasteiger partial charge in [0.2, 0.25) is 0 Å². The van der Waals surface area contributed by atoms with Crippen LogP contribution in [0.5, 0.6) is 5.75 Å². The number of methoxy groups -OCH3 is 2. The number of hydrogen-bond acceptors (Lipinski definition) is 5. The lowest BCUT2D eigenvalue weighted by molar-refractivity contribution is -0.161. The number of amides is 1. The van der Waals surface area contributed by atoms with Crippen LogP contribution in [-0.2, 0) is 16.1 Å². The molecule has 1 aromatic rings. The lowest BCUT2D eigenvalue weighted by atomic mass is 9.90. The van der Waals surface area contributed by atoms with Crippen LogP contribution in [0.2, 0.25) is 0 Å². The lowest BCUT2D eigenvalue weighted by Crippen LogP contribution is -2.59. The molecular formula is C20H29FN2O4. The van der Waals surface area contributed by atoms with Crippen LogP contribution < -0.4 is 4.74 Å². The van der Waals surface area contributed by atoms with E-state index in [0.717, 1.165) is 25.9 Å². The van der Waals surface area contributed by atoms with Gasteiger partial charge in [-0.05, 0) is 43.9 Å². The molecule has 3 rings (SSSR count). The van der Waals surface area contributed by atoms with Crippen LogP contribution in [0.25, 0.3) is 0 Å². The summed E-state index contributed by atoms with van der Waals surface area (Å²) in [6.45, 7) is 2.58. The Balaban J connectivity index is 1.66. The average molecular weight is 380 g/mol. The molecule has 0 radical (unpaired) electrons. The second-order valence-corrected chi connectivity index (χ2v) is 7.53. The van der Waals surface area contributed by atoms with E-state index in [1.165, 1.54) is 13.2 Å². The molecule has 0 unspecified atom stereocenters. The highest BCUT2D eigenvalue weighted by Gasteiger charge is 2.43. The number of piperidine rings is 2. The van der Waals surface area contributed by atoms with Gasteiger partial charge in [-0.25, -0.2) is 4.39 Å². The van der Waals surface area contributed by atoms with E-state index in [9.17, 15) is 14.3 Å². The van der Waals surface area contributed by atoms with E-state index < -0.39 is 5.60 Å². The zero-order valence-electron chi connectivity index (χ0n) is 16.1. The number of nitrogens with zero attached hydrogens (tertiary/aromatic N) is 2. The highest BCUT2D eigenvalue weighted by molar-refractivity contribution is 5.86. The molecule has 0 saturated carbocycles. The van der Waals surface area contributed by atoms with Crippen molar-refractivity contribution >= 4 is 5.91 Å². The highest BCUT2D eigenvalue weighted by atomic mass is 19.1. The van der Waals surface area contributed by atoms with Crippen LogP contribution in [0.15, 0.2) is 18.2 Å². The smallest absolute Gasteiger partial charge is 0.256 e. The number of carbonyl (C=O) groups excluding carboxylic acids is 1. The fraction of sp³-hybridized carbons (Fsp3) is 0.650. The third-order valence-electron chi connectivity index (χ3n) is 5.67. The molecule has 1 aromatic carbocycles. The molecule has 0 aromatic heterocycles. The molecule has 27 heavy (non-hydrogen) atoms. The van der Waals surface area contributed by atoms with E-state index in [4.69, 9.17) is 9.47 Å². The second-order valence-electron chi connectivity index (χ2n) is 7.53. The fourth-order valence-electron chi connectivity index (χ4n) is 4.04. The molecule has 0 spiro atoms. The van der Waals surface area contributed by atoms with Crippen molar-refractivity contribution in [2.24, 2.45) is 0 Å². The van der Waals surface area contributed by atoms with Gasteiger partial charge in [-0.1, -0.05) is 0 Å². The summed E-state index contributed by atoms with van der Waals surface area (Å²) in [6, 6.07) is 4.50. The Labute approximate surface area is 159 Å². The van der Waals surface area contributed by atoms with E-state index in [1.807, 2.05) is 0 Å². The summed E-state index contributed by atoms with van der Waals surface area (Å²) in [6.07, 6.45) is 3.19. The van der Waals surface area contributed by atoms with Crippen LogP contribution in [0.4, 0.5) is 4.39 Å². The number of β-amino-alcohol motifs (C(OH)–C–C–N with tert-alkyl or cyclic N) is 1. The number of carbonyl (C=O) groups is 1. The molecule has 0 bridgehead atoms. The number of rotatable bonds is 6. The first-order chi connectivity index (χ1) is 12.9. The lowest BCUT2D eigenvalue weighted by Gasteiger charge is -2.42. The van der Waals surface area contributed by atoms with Gasteiger partial charge in [0.25, 0.3) is 5.91 Å². The first-order valence-corrected chi connectivity index (χ1v) is 9.54. The number of hydrogen-bond donors (Lipinski definition) is 1. The molecule has 1 N–H and O–H groups in total. The number of ether oxygens (including phenoxy) is 2. The zero-order chi connectivity index (χ0) is 19.4. The van der Waals surface area contributed by atoms with E-state index in [0.29, 0.717) is 37.2 Å². The molecule has 6 nitrogen and oxygen atoms in total. The zero-order valence-corrected chi connectivity index (χ0v) is 16.1. The normalized spacial score (nSPS) is 25.0. The Kier molecular flexibility index (Phi) is 6.34. The second kappa shape index (κ2) is 8.54. The van der Waals surface area contributed by atoms with Crippen LogP contribution in [-0.4, -0.2) is 72.9 Å².